The zero-order chi connectivity index (χ0) is 17.1. The van der Waals surface area contributed by atoms with Crippen LogP contribution in [0.25, 0.3) is 10.2 Å². The van der Waals surface area contributed by atoms with Crippen LogP contribution in [-0.4, -0.2) is 18.2 Å². The minimum absolute atomic E-state index is 0.296. The number of ether oxygens (including phenoxy) is 2. The first-order valence-corrected chi connectivity index (χ1v) is 8.00. The first-order chi connectivity index (χ1) is 11.5. The third kappa shape index (κ3) is 3.62. The number of carbonyl (C=O) groups is 1. The van der Waals surface area contributed by atoms with Crippen LogP contribution in [0.15, 0.2) is 36.4 Å². The van der Waals surface area contributed by atoms with Crippen molar-refractivity contribution < 1.29 is 18.7 Å². The van der Waals surface area contributed by atoms with E-state index in [0.29, 0.717) is 23.6 Å². The first kappa shape index (κ1) is 16.2. The van der Waals surface area contributed by atoms with E-state index in [4.69, 9.17) is 4.74 Å². The zero-order valence-electron chi connectivity index (χ0n) is 13.1. The standard InChI is InChI=1S/C17H15FN2O3S/c1-10-7-12(4-5-13(10)20-17(21)22-2)23-9-16-19-14-8-11(18)3-6-15(14)24-16/h3-8H,9H2,1-2H3,(H,20,21). The molecule has 3 aromatic rings. The van der Waals surface area contributed by atoms with Gasteiger partial charge in [-0.3, -0.25) is 5.32 Å². The van der Waals surface area contributed by atoms with Gasteiger partial charge in [-0.1, -0.05) is 0 Å². The predicted octanol–water partition coefficient (Wildman–Crippen LogP) is 4.50. The number of hydrogen-bond donors (Lipinski definition) is 1. The molecule has 0 bridgehead atoms. The van der Waals surface area contributed by atoms with Crippen LogP contribution in [0.4, 0.5) is 14.9 Å². The van der Waals surface area contributed by atoms with Crippen LogP contribution in [-0.2, 0) is 11.3 Å². The van der Waals surface area contributed by atoms with Gasteiger partial charge in [0.1, 0.15) is 23.2 Å². The zero-order valence-corrected chi connectivity index (χ0v) is 13.9. The molecule has 0 radical (unpaired) electrons. The number of thiazole rings is 1. The lowest BCUT2D eigenvalue weighted by Crippen LogP contribution is -2.11. The van der Waals surface area contributed by atoms with Crippen LogP contribution >= 0.6 is 11.3 Å². The van der Waals surface area contributed by atoms with Crippen LogP contribution in [0.5, 0.6) is 5.75 Å². The lowest BCUT2D eigenvalue weighted by Gasteiger charge is -2.10. The molecule has 1 heterocycles. The van der Waals surface area contributed by atoms with Crippen LogP contribution < -0.4 is 10.1 Å². The predicted molar refractivity (Wildman–Crippen MR) is 91.1 cm³/mol. The maximum absolute atomic E-state index is 13.2. The molecule has 0 fully saturated rings. The van der Waals surface area contributed by atoms with E-state index in [-0.39, 0.29) is 5.82 Å². The Morgan fingerprint density at radius 3 is 2.88 bits per heavy atom. The Labute approximate surface area is 142 Å². The second kappa shape index (κ2) is 6.84. The largest absolute Gasteiger partial charge is 0.486 e. The number of hydrogen-bond acceptors (Lipinski definition) is 5. The van der Waals surface area contributed by atoms with Gasteiger partial charge in [0.05, 0.1) is 17.3 Å². The van der Waals surface area contributed by atoms with Crippen molar-refractivity contribution in [2.45, 2.75) is 13.5 Å². The molecule has 0 atom stereocenters. The van der Waals surface area contributed by atoms with E-state index in [1.807, 2.05) is 13.0 Å². The summed E-state index contributed by atoms with van der Waals surface area (Å²) in [6.07, 6.45) is -0.520. The number of fused-ring (bicyclic) bond motifs is 1. The molecule has 1 amide bonds. The summed E-state index contributed by atoms with van der Waals surface area (Å²) >= 11 is 1.47. The molecule has 0 spiro atoms. The summed E-state index contributed by atoms with van der Waals surface area (Å²) in [6.45, 7) is 2.16. The Hall–Kier alpha value is -2.67. The molecule has 7 heteroatoms. The highest BCUT2D eigenvalue weighted by Crippen LogP contribution is 2.25. The average Bonchev–Trinajstić information content (AvgIpc) is 2.97. The Morgan fingerprint density at radius 2 is 2.12 bits per heavy atom. The van der Waals surface area contributed by atoms with Gasteiger partial charge >= 0.3 is 6.09 Å². The van der Waals surface area contributed by atoms with E-state index >= 15 is 0 Å². The van der Waals surface area contributed by atoms with Gasteiger partial charge in [0.15, 0.2) is 0 Å². The first-order valence-electron chi connectivity index (χ1n) is 7.18. The lowest BCUT2D eigenvalue weighted by molar-refractivity contribution is 0.187. The van der Waals surface area contributed by atoms with Gasteiger partial charge in [0.25, 0.3) is 0 Å². The van der Waals surface area contributed by atoms with E-state index in [9.17, 15) is 9.18 Å². The van der Waals surface area contributed by atoms with Gasteiger partial charge < -0.3 is 9.47 Å². The number of amides is 1. The van der Waals surface area contributed by atoms with Crippen molar-refractivity contribution in [2.75, 3.05) is 12.4 Å². The van der Waals surface area contributed by atoms with Gasteiger partial charge in [0.2, 0.25) is 0 Å². The Bertz CT molecular complexity index is 895. The van der Waals surface area contributed by atoms with Crippen molar-refractivity contribution in [3.8, 4) is 5.75 Å². The number of rotatable bonds is 4. The molecule has 24 heavy (non-hydrogen) atoms. The average molecular weight is 346 g/mol. The number of anilines is 1. The maximum atomic E-state index is 13.2. The third-order valence-electron chi connectivity index (χ3n) is 3.38. The number of benzene rings is 2. The molecular formula is C17H15FN2O3S. The Balaban J connectivity index is 1.69. The highest BCUT2D eigenvalue weighted by Gasteiger charge is 2.08. The minimum Gasteiger partial charge on any atom is -0.486 e. The molecule has 124 valence electrons. The summed E-state index contributed by atoms with van der Waals surface area (Å²) in [4.78, 5) is 15.6. The molecule has 2 aromatic carbocycles. The fourth-order valence-electron chi connectivity index (χ4n) is 2.18. The fourth-order valence-corrected chi connectivity index (χ4v) is 3.04. The van der Waals surface area contributed by atoms with E-state index in [0.717, 1.165) is 15.3 Å². The van der Waals surface area contributed by atoms with E-state index in [2.05, 4.69) is 15.0 Å². The summed E-state index contributed by atoms with van der Waals surface area (Å²) in [6, 6.07) is 9.86. The molecule has 5 nitrogen and oxygen atoms in total. The van der Waals surface area contributed by atoms with Gasteiger partial charge in [-0.25, -0.2) is 14.2 Å². The molecular weight excluding hydrogens is 331 g/mol. The minimum atomic E-state index is -0.520. The van der Waals surface area contributed by atoms with Crippen LogP contribution in [0, 0.1) is 12.7 Å². The molecule has 0 aliphatic carbocycles. The van der Waals surface area contributed by atoms with Crippen LogP contribution in [0.1, 0.15) is 10.6 Å². The number of nitrogens with zero attached hydrogens (tertiary/aromatic N) is 1. The monoisotopic (exact) mass is 346 g/mol. The maximum Gasteiger partial charge on any atom is 0.411 e. The number of halogens is 1. The second-order valence-electron chi connectivity index (χ2n) is 5.10. The number of carbonyl (C=O) groups excluding carboxylic acids is 1. The lowest BCUT2D eigenvalue weighted by atomic mass is 10.2. The van der Waals surface area contributed by atoms with Crippen molar-refractivity contribution >= 4 is 33.3 Å². The molecule has 0 saturated carbocycles. The summed E-state index contributed by atoms with van der Waals surface area (Å²) in [5.41, 5.74) is 2.14. The second-order valence-corrected chi connectivity index (χ2v) is 6.22. The highest BCUT2D eigenvalue weighted by molar-refractivity contribution is 7.18. The van der Waals surface area contributed by atoms with Gasteiger partial charge in [0, 0.05) is 11.8 Å². The molecule has 1 aromatic heterocycles. The summed E-state index contributed by atoms with van der Waals surface area (Å²) in [5, 5.41) is 3.39. The third-order valence-corrected chi connectivity index (χ3v) is 4.39. The van der Waals surface area contributed by atoms with Crippen molar-refractivity contribution in [1.82, 2.24) is 4.98 Å². The molecule has 1 N–H and O–H groups in total. The molecule has 0 aliphatic rings. The molecule has 0 unspecified atom stereocenters. The van der Waals surface area contributed by atoms with Crippen LogP contribution in [0.2, 0.25) is 0 Å². The molecule has 0 aliphatic heterocycles. The van der Waals surface area contributed by atoms with Crippen LogP contribution in [0.3, 0.4) is 0 Å². The SMILES string of the molecule is COC(=O)Nc1ccc(OCc2nc3cc(F)ccc3s2)cc1C. The Morgan fingerprint density at radius 1 is 1.29 bits per heavy atom. The summed E-state index contributed by atoms with van der Waals surface area (Å²) < 4.78 is 24.4. The summed E-state index contributed by atoms with van der Waals surface area (Å²) in [7, 11) is 1.31. The number of nitrogens with one attached hydrogen (secondary N) is 1. The van der Waals surface area contributed by atoms with Gasteiger partial charge in [-0.15, -0.1) is 11.3 Å². The van der Waals surface area contributed by atoms with E-state index in [1.54, 1.807) is 18.2 Å². The van der Waals surface area contributed by atoms with Crippen molar-refractivity contribution in [3.63, 3.8) is 0 Å². The van der Waals surface area contributed by atoms with Crippen molar-refractivity contribution in [3.05, 3.63) is 52.8 Å². The van der Waals surface area contributed by atoms with E-state index < -0.39 is 6.09 Å². The van der Waals surface area contributed by atoms with E-state index in [1.165, 1.54) is 30.6 Å². The normalized spacial score (nSPS) is 10.6. The number of aryl methyl sites for hydroxylation is 1. The van der Waals surface area contributed by atoms with Crippen molar-refractivity contribution in [2.24, 2.45) is 0 Å². The fraction of sp³-hybridized carbons (Fsp3) is 0.176. The molecule has 3 rings (SSSR count). The van der Waals surface area contributed by atoms with Gasteiger partial charge in [-0.05, 0) is 42.8 Å². The molecule has 0 saturated heterocycles. The summed E-state index contributed by atoms with van der Waals surface area (Å²) in [5.74, 6) is 0.359. The van der Waals surface area contributed by atoms with Gasteiger partial charge in [-0.2, -0.15) is 0 Å². The Kier molecular flexibility index (Phi) is 4.61. The smallest absolute Gasteiger partial charge is 0.411 e. The highest BCUT2D eigenvalue weighted by atomic mass is 32.1. The topological polar surface area (TPSA) is 60.5 Å². The number of methoxy groups -OCH3 is 1. The van der Waals surface area contributed by atoms with Crippen molar-refractivity contribution in [1.29, 1.82) is 0 Å². The number of aromatic nitrogens is 1. The quantitative estimate of drug-likeness (QED) is 0.755.